The number of benzene rings is 1. The summed E-state index contributed by atoms with van der Waals surface area (Å²) in [7, 11) is -1.05. The second kappa shape index (κ2) is 6.76. The van der Waals surface area contributed by atoms with E-state index < -0.39 is 10.8 Å². The number of hydrogen-bond acceptors (Lipinski definition) is 2. The molecule has 1 rings (SSSR count). The van der Waals surface area contributed by atoms with Gasteiger partial charge in [-0.2, -0.15) is 0 Å². The first-order valence-electron chi connectivity index (χ1n) is 5.50. The van der Waals surface area contributed by atoms with E-state index in [1.807, 2.05) is 6.92 Å². The monoisotopic (exact) mass is 243 g/mol. The molecule has 0 radical (unpaired) electrons. The van der Waals surface area contributed by atoms with E-state index in [0.29, 0.717) is 10.6 Å². The van der Waals surface area contributed by atoms with Crippen LogP contribution in [0.25, 0.3) is 0 Å². The molecule has 4 heteroatoms. The normalized spacial score (nSPS) is 14.7. The smallest absolute Gasteiger partial charge is 0.123 e. The molecule has 0 saturated heterocycles. The minimum Gasteiger partial charge on any atom is -0.313 e. The summed E-state index contributed by atoms with van der Waals surface area (Å²) >= 11 is 0. The van der Waals surface area contributed by atoms with Gasteiger partial charge in [-0.25, -0.2) is 4.39 Å². The van der Waals surface area contributed by atoms with E-state index in [1.165, 1.54) is 12.1 Å². The Labute approximate surface area is 98.7 Å². The minimum atomic E-state index is -1.05. The van der Waals surface area contributed by atoms with Crippen LogP contribution < -0.4 is 5.32 Å². The van der Waals surface area contributed by atoms with Crippen molar-refractivity contribution in [2.24, 2.45) is 0 Å². The Kier molecular flexibility index (Phi) is 5.63. The molecule has 0 aliphatic carbocycles. The third kappa shape index (κ3) is 4.41. The Hall–Kier alpha value is -0.740. The first-order chi connectivity index (χ1) is 7.63. The summed E-state index contributed by atoms with van der Waals surface area (Å²) in [4.78, 5) is 0.687. The first-order valence-corrected chi connectivity index (χ1v) is 6.82. The van der Waals surface area contributed by atoms with Crippen molar-refractivity contribution in [1.29, 1.82) is 0 Å². The van der Waals surface area contributed by atoms with Crippen molar-refractivity contribution in [2.75, 3.05) is 12.3 Å². The highest BCUT2D eigenvalue weighted by molar-refractivity contribution is 7.85. The van der Waals surface area contributed by atoms with Gasteiger partial charge >= 0.3 is 0 Å². The SMILES string of the molecule is CCCNC(C)CS(=O)c1ccc(F)cc1. The summed E-state index contributed by atoms with van der Waals surface area (Å²) in [6.07, 6.45) is 1.06. The van der Waals surface area contributed by atoms with Gasteiger partial charge < -0.3 is 5.32 Å². The van der Waals surface area contributed by atoms with E-state index in [-0.39, 0.29) is 11.9 Å². The lowest BCUT2D eigenvalue weighted by Crippen LogP contribution is -2.31. The van der Waals surface area contributed by atoms with Crippen LogP contribution in [0.3, 0.4) is 0 Å². The molecule has 0 saturated carbocycles. The number of nitrogens with one attached hydrogen (secondary N) is 1. The number of rotatable bonds is 6. The van der Waals surface area contributed by atoms with Gasteiger partial charge in [0.25, 0.3) is 0 Å². The zero-order valence-corrected chi connectivity index (χ0v) is 10.5. The van der Waals surface area contributed by atoms with Crippen LogP contribution in [0.5, 0.6) is 0 Å². The van der Waals surface area contributed by atoms with Crippen molar-refractivity contribution in [3.8, 4) is 0 Å². The fraction of sp³-hybridized carbons (Fsp3) is 0.500. The lowest BCUT2D eigenvalue weighted by atomic mass is 10.3. The van der Waals surface area contributed by atoms with Crippen LogP contribution >= 0.6 is 0 Å². The van der Waals surface area contributed by atoms with Crippen molar-refractivity contribution in [3.05, 3.63) is 30.1 Å². The standard InChI is InChI=1S/C12H18FNOS/c1-3-8-14-10(2)9-16(15)12-6-4-11(13)5-7-12/h4-7,10,14H,3,8-9H2,1-2H3. The second-order valence-corrected chi connectivity index (χ2v) is 5.32. The molecule has 0 spiro atoms. The molecule has 0 aliphatic heterocycles. The molecule has 0 fully saturated rings. The summed E-state index contributed by atoms with van der Waals surface area (Å²) in [5.74, 6) is 0.268. The maximum atomic E-state index is 12.7. The van der Waals surface area contributed by atoms with Crippen molar-refractivity contribution in [1.82, 2.24) is 5.32 Å². The lowest BCUT2D eigenvalue weighted by molar-refractivity contribution is 0.582. The molecule has 1 aromatic rings. The topological polar surface area (TPSA) is 29.1 Å². The molecule has 2 atom stereocenters. The second-order valence-electron chi connectivity index (χ2n) is 3.82. The molecule has 2 nitrogen and oxygen atoms in total. The Balaban J connectivity index is 2.48. The summed E-state index contributed by atoms with van der Waals surface area (Å²) in [5, 5.41) is 3.28. The summed E-state index contributed by atoms with van der Waals surface area (Å²) in [6.45, 7) is 5.04. The first kappa shape index (κ1) is 13.3. The maximum absolute atomic E-state index is 12.7. The lowest BCUT2D eigenvalue weighted by Gasteiger charge is -2.12. The zero-order valence-electron chi connectivity index (χ0n) is 9.70. The quantitative estimate of drug-likeness (QED) is 0.831. The predicted octanol–water partition coefficient (Wildman–Crippen LogP) is 2.32. The molecule has 2 unspecified atom stereocenters. The van der Waals surface area contributed by atoms with E-state index in [2.05, 4.69) is 12.2 Å². The Morgan fingerprint density at radius 3 is 2.56 bits per heavy atom. The van der Waals surface area contributed by atoms with Crippen molar-refractivity contribution < 1.29 is 8.60 Å². The Bertz CT molecular complexity index is 339. The molecule has 16 heavy (non-hydrogen) atoms. The molecule has 0 heterocycles. The maximum Gasteiger partial charge on any atom is 0.123 e. The van der Waals surface area contributed by atoms with Crippen molar-refractivity contribution in [3.63, 3.8) is 0 Å². The van der Waals surface area contributed by atoms with Gasteiger partial charge in [0.2, 0.25) is 0 Å². The average molecular weight is 243 g/mol. The predicted molar refractivity (Wildman–Crippen MR) is 65.4 cm³/mol. The van der Waals surface area contributed by atoms with Gasteiger partial charge in [-0.3, -0.25) is 4.21 Å². The van der Waals surface area contributed by atoms with Crippen LogP contribution in [0.15, 0.2) is 29.2 Å². The highest BCUT2D eigenvalue weighted by Crippen LogP contribution is 2.08. The van der Waals surface area contributed by atoms with Gasteiger partial charge in [0.05, 0.1) is 10.8 Å². The number of hydrogen-bond donors (Lipinski definition) is 1. The average Bonchev–Trinajstić information content (AvgIpc) is 2.27. The summed E-state index contributed by atoms with van der Waals surface area (Å²) in [6, 6.07) is 6.07. The van der Waals surface area contributed by atoms with Crippen LogP contribution in [0, 0.1) is 5.82 Å². The van der Waals surface area contributed by atoms with E-state index in [1.54, 1.807) is 12.1 Å². The van der Waals surface area contributed by atoms with Gasteiger partial charge in [0.15, 0.2) is 0 Å². The van der Waals surface area contributed by atoms with E-state index in [4.69, 9.17) is 0 Å². The van der Waals surface area contributed by atoms with Crippen LogP contribution in [-0.4, -0.2) is 22.5 Å². The van der Waals surface area contributed by atoms with Crippen LogP contribution in [0.1, 0.15) is 20.3 Å². The van der Waals surface area contributed by atoms with E-state index >= 15 is 0 Å². The molecular weight excluding hydrogens is 225 g/mol. The van der Waals surface area contributed by atoms with Crippen LogP contribution in [-0.2, 0) is 10.8 Å². The van der Waals surface area contributed by atoms with Crippen molar-refractivity contribution in [2.45, 2.75) is 31.2 Å². The van der Waals surface area contributed by atoms with E-state index in [0.717, 1.165) is 13.0 Å². The minimum absolute atomic E-state index is 0.214. The van der Waals surface area contributed by atoms with Gasteiger partial charge in [0, 0.05) is 16.7 Å². The fourth-order valence-electron chi connectivity index (χ4n) is 1.36. The number of halogens is 1. The summed E-state index contributed by atoms with van der Waals surface area (Å²) in [5.41, 5.74) is 0. The van der Waals surface area contributed by atoms with E-state index in [9.17, 15) is 8.60 Å². The molecule has 0 amide bonds. The van der Waals surface area contributed by atoms with Gasteiger partial charge in [-0.05, 0) is 44.2 Å². The third-order valence-corrected chi connectivity index (χ3v) is 3.82. The zero-order chi connectivity index (χ0) is 12.0. The molecular formula is C12H18FNOS. The Morgan fingerprint density at radius 2 is 2.00 bits per heavy atom. The van der Waals surface area contributed by atoms with Gasteiger partial charge in [-0.15, -0.1) is 0 Å². The molecule has 0 aliphatic rings. The Morgan fingerprint density at radius 1 is 1.38 bits per heavy atom. The van der Waals surface area contributed by atoms with Crippen LogP contribution in [0.2, 0.25) is 0 Å². The molecule has 90 valence electrons. The van der Waals surface area contributed by atoms with Crippen molar-refractivity contribution >= 4 is 10.8 Å². The summed E-state index contributed by atoms with van der Waals surface area (Å²) < 4.78 is 24.5. The largest absolute Gasteiger partial charge is 0.313 e. The fourth-order valence-corrected chi connectivity index (χ4v) is 2.56. The highest BCUT2D eigenvalue weighted by Gasteiger charge is 2.08. The van der Waals surface area contributed by atoms with Crippen LogP contribution in [0.4, 0.5) is 4.39 Å². The molecule has 0 aromatic heterocycles. The third-order valence-electron chi connectivity index (χ3n) is 2.22. The van der Waals surface area contributed by atoms with Gasteiger partial charge in [-0.1, -0.05) is 6.92 Å². The molecule has 1 aromatic carbocycles. The molecule has 0 bridgehead atoms. The highest BCUT2D eigenvalue weighted by atomic mass is 32.2. The van der Waals surface area contributed by atoms with Gasteiger partial charge in [0.1, 0.15) is 5.82 Å². The molecule has 1 N–H and O–H groups in total.